The predicted octanol–water partition coefficient (Wildman–Crippen LogP) is 2.40. The van der Waals surface area contributed by atoms with E-state index in [0.29, 0.717) is 6.54 Å². The van der Waals surface area contributed by atoms with Crippen LogP contribution in [-0.4, -0.2) is 54.9 Å². The number of guanidine groups is 1. The molecule has 1 heterocycles. The third-order valence-electron chi connectivity index (χ3n) is 4.14. The number of likely N-dealkylation sites (N-methyl/N-ethyl adjacent to an activating group) is 1. The van der Waals surface area contributed by atoms with Gasteiger partial charge in [-0.2, -0.15) is 5.10 Å². The molecule has 0 aliphatic carbocycles. The van der Waals surface area contributed by atoms with E-state index in [1.807, 2.05) is 48.4 Å². The van der Waals surface area contributed by atoms with Gasteiger partial charge in [-0.15, -0.1) is 24.0 Å². The lowest BCUT2D eigenvalue weighted by atomic mass is 10.1. The average Bonchev–Trinajstić information content (AvgIpc) is 3.05. The maximum absolute atomic E-state index is 5.40. The highest BCUT2D eigenvalue weighted by Crippen LogP contribution is 2.18. The molecule has 0 fully saturated rings. The zero-order valence-electron chi connectivity index (χ0n) is 16.8. The van der Waals surface area contributed by atoms with Crippen molar-refractivity contribution in [2.75, 3.05) is 34.3 Å². The standard InChI is InChI=1S/C19H30N6O.HI/c1-6-20-19(21-11-15-9-7-8-10-18(15)26-5)22-13-17(24(2)3)16-12-23-25(4)14-16;/h7-10,12,14,17H,6,11,13H2,1-5H3,(H2,20,21,22);1H. The molecule has 0 amide bonds. The highest BCUT2D eigenvalue weighted by atomic mass is 127. The molecule has 0 aliphatic heterocycles. The van der Waals surface area contributed by atoms with Crippen LogP contribution in [0.1, 0.15) is 24.1 Å². The van der Waals surface area contributed by atoms with Gasteiger partial charge in [0.15, 0.2) is 5.96 Å². The lowest BCUT2D eigenvalue weighted by molar-refractivity contribution is 0.298. The number of hydrogen-bond donors (Lipinski definition) is 2. The third kappa shape index (κ3) is 7.02. The summed E-state index contributed by atoms with van der Waals surface area (Å²) in [6.07, 6.45) is 3.95. The van der Waals surface area contributed by atoms with Crippen LogP contribution in [0.25, 0.3) is 0 Å². The predicted molar refractivity (Wildman–Crippen MR) is 121 cm³/mol. The van der Waals surface area contributed by atoms with E-state index >= 15 is 0 Å². The molecule has 1 aromatic carbocycles. The van der Waals surface area contributed by atoms with Gasteiger partial charge in [-0.25, -0.2) is 4.99 Å². The van der Waals surface area contributed by atoms with Gasteiger partial charge >= 0.3 is 0 Å². The second kappa shape index (κ2) is 11.8. The molecule has 2 aromatic rings. The van der Waals surface area contributed by atoms with E-state index in [1.54, 1.807) is 7.11 Å². The molecular weight excluding hydrogens is 455 g/mol. The van der Waals surface area contributed by atoms with Crippen molar-refractivity contribution in [3.05, 3.63) is 47.8 Å². The molecule has 27 heavy (non-hydrogen) atoms. The minimum atomic E-state index is 0. The SMILES string of the molecule is CCNC(=NCc1ccccc1OC)NCC(c1cnn(C)c1)N(C)C.I. The highest BCUT2D eigenvalue weighted by molar-refractivity contribution is 14.0. The molecule has 2 rings (SSSR count). The molecule has 2 N–H and O–H groups in total. The van der Waals surface area contributed by atoms with Crippen LogP contribution in [0.15, 0.2) is 41.7 Å². The van der Waals surface area contributed by atoms with Crippen LogP contribution in [0.5, 0.6) is 5.75 Å². The molecular formula is C19H31IN6O. The molecule has 0 aliphatic rings. The molecule has 0 saturated carbocycles. The van der Waals surface area contributed by atoms with Crippen LogP contribution in [0.2, 0.25) is 0 Å². The van der Waals surface area contributed by atoms with Crippen LogP contribution < -0.4 is 15.4 Å². The van der Waals surface area contributed by atoms with Crippen molar-refractivity contribution >= 4 is 29.9 Å². The van der Waals surface area contributed by atoms with Gasteiger partial charge in [-0.3, -0.25) is 4.68 Å². The molecule has 0 spiro atoms. The molecule has 1 unspecified atom stereocenters. The average molecular weight is 486 g/mol. The maximum Gasteiger partial charge on any atom is 0.191 e. The summed E-state index contributed by atoms with van der Waals surface area (Å²) >= 11 is 0. The summed E-state index contributed by atoms with van der Waals surface area (Å²) in [7, 11) is 7.75. The third-order valence-corrected chi connectivity index (χ3v) is 4.14. The summed E-state index contributed by atoms with van der Waals surface area (Å²) in [5, 5.41) is 11.0. The number of hydrogen-bond acceptors (Lipinski definition) is 4. The van der Waals surface area contributed by atoms with Gasteiger partial charge in [-0.05, 0) is 27.1 Å². The Labute approximate surface area is 179 Å². The Morgan fingerprint density at radius 2 is 2.04 bits per heavy atom. The lowest BCUT2D eigenvalue weighted by Gasteiger charge is -2.24. The zero-order valence-corrected chi connectivity index (χ0v) is 19.1. The first-order valence-corrected chi connectivity index (χ1v) is 8.84. The number of nitrogens with one attached hydrogen (secondary N) is 2. The van der Waals surface area contributed by atoms with Gasteiger partial charge in [0.1, 0.15) is 5.75 Å². The monoisotopic (exact) mass is 486 g/mol. The second-order valence-corrected chi connectivity index (χ2v) is 6.31. The lowest BCUT2D eigenvalue weighted by Crippen LogP contribution is -2.41. The normalized spacial score (nSPS) is 12.4. The first-order chi connectivity index (χ1) is 12.5. The van der Waals surface area contributed by atoms with Gasteiger partial charge in [-0.1, -0.05) is 18.2 Å². The summed E-state index contributed by atoms with van der Waals surface area (Å²) in [6.45, 7) is 4.15. The van der Waals surface area contributed by atoms with Gasteiger partial charge in [0.25, 0.3) is 0 Å². The van der Waals surface area contributed by atoms with Crippen molar-refractivity contribution in [2.45, 2.75) is 19.5 Å². The molecule has 1 atom stereocenters. The van der Waals surface area contributed by atoms with Gasteiger partial charge in [0.2, 0.25) is 0 Å². The maximum atomic E-state index is 5.40. The number of methoxy groups -OCH3 is 1. The molecule has 0 saturated heterocycles. The Balaban J connectivity index is 0.00000364. The van der Waals surface area contributed by atoms with E-state index in [1.165, 1.54) is 5.56 Å². The number of benzene rings is 1. The zero-order chi connectivity index (χ0) is 18.9. The molecule has 1 aromatic heterocycles. The number of halogens is 1. The van der Waals surface area contributed by atoms with Crippen molar-refractivity contribution in [2.24, 2.45) is 12.0 Å². The van der Waals surface area contributed by atoms with Gasteiger partial charge < -0.3 is 20.3 Å². The molecule has 7 nitrogen and oxygen atoms in total. The molecule has 0 bridgehead atoms. The summed E-state index contributed by atoms with van der Waals surface area (Å²) in [5.41, 5.74) is 2.23. The quantitative estimate of drug-likeness (QED) is 0.341. The molecule has 150 valence electrons. The fraction of sp³-hybridized carbons (Fsp3) is 0.474. The summed E-state index contributed by atoms with van der Waals surface area (Å²) in [5.74, 6) is 1.64. The first kappa shape index (κ1) is 23.2. The number of rotatable bonds is 8. The van der Waals surface area contributed by atoms with E-state index in [0.717, 1.165) is 30.4 Å². The number of aromatic nitrogens is 2. The van der Waals surface area contributed by atoms with Crippen molar-refractivity contribution in [1.29, 1.82) is 0 Å². The van der Waals surface area contributed by atoms with Crippen molar-refractivity contribution in [3.8, 4) is 5.75 Å². The topological polar surface area (TPSA) is 66.7 Å². The Morgan fingerprint density at radius 3 is 2.63 bits per heavy atom. The Kier molecular flexibility index (Phi) is 10.2. The van der Waals surface area contributed by atoms with Crippen LogP contribution in [0, 0.1) is 0 Å². The summed E-state index contributed by atoms with van der Waals surface area (Å²) < 4.78 is 7.23. The first-order valence-electron chi connectivity index (χ1n) is 8.84. The fourth-order valence-corrected chi connectivity index (χ4v) is 2.74. The van der Waals surface area contributed by atoms with Crippen molar-refractivity contribution < 1.29 is 4.74 Å². The summed E-state index contributed by atoms with van der Waals surface area (Å²) in [6, 6.07) is 8.15. The molecule has 0 radical (unpaired) electrons. The van der Waals surface area contributed by atoms with Crippen LogP contribution in [-0.2, 0) is 13.6 Å². The molecule has 8 heteroatoms. The van der Waals surface area contributed by atoms with Crippen LogP contribution in [0.4, 0.5) is 0 Å². The summed E-state index contributed by atoms with van der Waals surface area (Å²) in [4.78, 5) is 6.87. The number of aryl methyl sites for hydroxylation is 1. The number of para-hydroxylation sites is 1. The Bertz CT molecular complexity index is 716. The van der Waals surface area contributed by atoms with E-state index in [9.17, 15) is 0 Å². The number of aliphatic imine (C=N–C) groups is 1. The van der Waals surface area contributed by atoms with Crippen LogP contribution in [0.3, 0.4) is 0 Å². The fourth-order valence-electron chi connectivity index (χ4n) is 2.74. The van der Waals surface area contributed by atoms with Gasteiger partial charge in [0, 0.05) is 37.5 Å². The van der Waals surface area contributed by atoms with Crippen LogP contribution >= 0.6 is 24.0 Å². The minimum absolute atomic E-state index is 0. The largest absolute Gasteiger partial charge is 0.496 e. The highest BCUT2D eigenvalue weighted by Gasteiger charge is 2.16. The Hall–Kier alpha value is -1.81. The van der Waals surface area contributed by atoms with E-state index in [-0.39, 0.29) is 30.0 Å². The smallest absolute Gasteiger partial charge is 0.191 e. The van der Waals surface area contributed by atoms with Crippen molar-refractivity contribution in [1.82, 2.24) is 25.3 Å². The number of nitrogens with zero attached hydrogens (tertiary/aromatic N) is 4. The Morgan fingerprint density at radius 1 is 1.30 bits per heavy atom. The van der Waals surface area contributed by atoms with Gasteiger partial charge in [0.05, 0.1) is 25.9 Å². The second-order valence-electron chi connectivity index (χ2n) is 6.31. The number of ether oxygens (including phenoxy) is 1. The van der Waals surface area contributed by atoms with E-state index < -0.39 is 0 Å². The van der Waals surface area contributed by atoms with E-state index in [2.05, 4.69) is 41.7 Å². The minimum Gasteiger partial charge on any atom is -0.496 e. The van der Waals surface area contributed by atoms with E-state index in [4.69, 9.17) is 9.73 Å². The van der Waals surface area contributed by atoms with Crippen molar-refractivity contribution in [3.63, 3.8) is 0 Å².